The van der Waals surface area contributed by atoms with Crippen molar-refractivity contribution in [1.29, 1.82) is 0 Å². The Bertz CT molecular complexity index is 1170. The lowest BCUT2D eigenvalue weighted by Gasteiger charge is -2.08. The molecule has 1 aromatic carbocycles. The lowest BCUT2D eigenvalue weighted by molar-refractivity contribution is 0.807. The molecular formula is C19H15ClN6O. The number of anilines is 2. The number of aromatic amines is 1. The number of halogens is 1. The smallest absolute Gasteiger partial charge is 0.272 e. The second kappa shape index (κ2) is 7.05. The van der Waals surface area contributed by atoms with Crippen LogP contribution in [0.5, 0.6) is 0 Å². The van der Waals surface area contributed by atoms with Crippen molar-refractivity contribution in [2.45, 2.75) is 6.92 Å². The third kappa shape index (κ3) is 3.73. The molecule has 4 aromatic rings. The summed E-state index contributed by atoms with van der Waals surface area (Å²) in [5.74, 6) is 0.939. The molecule has 0 bridgehead atoms. The zero-order valence-corrected chi connectivity index (χ0v) is 15.1. The maximum Gasteiger partial charge on any atom is 0.272 e. The van der Waals surface area contributed by atoms with E-state index in [0.717, 1.165) is 16.9 Å². The molecule has 0 aliphatic rings. The lowest BCUT2D eigenvalue weighted by atomic mass is 10.2. The van der Waals surface area contributed by atoms with E-state index in [1.807, 2.05) is 25.1 Å². The number of nitrogens with one attached hydrogen (secondary N) is 2. The van der Waals surface area contributed by atoms with E-state index in [1.54, 1.807) is 36.7 Å². The minimum atomic E-state index is -0.164. The van der Waals surface area contributed by atoms with E-state index in [9.17, 15) is 4.79 Å². The Morgan fingerprint density at radius 3 is 2.70 bits per heavy atom. The minimum Gasteiger partial charge on any atom is -0.324 e. The molecule has 2 N–H and O–H groups in total. The molecule has 0 aliphatic heterocycles. The first kappa shape index (κ1) is 17.0. The standard InChI is InChI=1S/C19H15ClN6O/c1-12-9-18(27)26(25-12)17-10-13(5-7-21-17)16-6-8-22-19(24-16)23-15-4-2-3-14(20)11-15/h2-11,25H,1H3,(H,22,23,24). The van der Waals surface area contributed by atoms with Gasteiger partial charge in [-0.25, -0.2) is 19.6 Å². The highest BCUT2D eigenvalue weighted by Gasteiger charge is 2.08. The summed E-state index contributed by atoms with van der Waals surface area (Å²) in [6, 6.07) is 14.3. The van der Waals surface area contributed by atoms with Crippen LogP contribution in [0.1, 0.15) is 5.69 Å². The maximum absolute atomic E-state index is 12.0. The van der Waals surface area contributed by atoms with Gasteiger partial charge in [-0.1, -0.05) is 17.7 Å². The quantitative estimate of drug-likeness (QED) is 0.565. The van der Waals surface area contributed by atoms with Gasteiger partial charge in [-0.3, -0.25) is 9.89 Å². The van der Waals surface area contributed by atoms with E-state index in [0.29, 0.717) is 22.5 Å². The molecule has 3 aromatic heterocycles. The van der Waals surface area contributed by atoms with Gasteiger partial charge in [0.2, 0.25) is 5.95 Å². The van der Waals surface area contributed by atoms with Gasteiger partial charge in [0.25, 0.3) is 5.56 Å². The molecule has 0 fully saturated rings. The minimum absolute atomic E-state index is 0.164. The van der Waals surface area contributed by atoms with E-state index in [2.05, 4.69) is 25.4 Å². The van der Waals surface area contributed by atoms with Crippen molar-refractivity contribution < 1.29 is 0 Å². The summed E-state index contributed by atoms with van der Waals surface area (Å²) >= 11 is 6.01. The normalized spacial score (nSPS) is 10.7. The zero-order chi connectivity index (χ0) is 18.8. The molecule has 0 radical (unpaired) electrons. The average Bonchev–Trinajstić information content (AvgIpc) is 3.00. The molecule has 0 aliphatic carbocycles. The van der Waals surface area contributed by atoms with Crippen LogP contribution in [0.3, 0.4) is 0 Å². The van der Waals surface area contributed by atoms with Crippen molar-refractivity contribution in [3.8, 4) is 17.1 Å². The molecule has 8 heteroatoms. The molecule has 134 valence electrons. The zero-order valence-electron chi connectivity index (χ0n) is 14.3. The number of pyridine rings is 1. The number of aromatic nitrogens is 5. The SMILES string of the molecule is Cc1cc(=O)n(-c2cc(-c3ccnc(Nc4cccc(Cl)c4)n3)ccn2)[nH]1. The van der Waals surface area contributed by atoms with Crippen molar-refractivity contribution in [2.75, 3.05) is 5.32 Å². The van der Waals surface area contributed by atoms with Crippen molar-refractivity contribution in [2.24, 2.45) is 0 Å². The number of hydrogen-bond donors (Lipinski definition) is 2. The van der Waals surface area contributed by atoms with Crippen LogP contribution < -0.4 is 10.9 Å². The Labute approximate surface area is 159 Å². The maximum atomic E-state index is 12.0. The van der Waals surface area contributed by atoms with Gasteiger partial charge in [-0.2, -0.15) is 0 Å². The lowest BCUT2D eigenvalue weighted by Crippen LogP contribution is -2.14. The molecular weight excluding hydrogens is 364 g/mol. The molecule has 0 atom stereocenters. The summed E-state index contributed by atoms with van der Waals surface area (Å²) < 4.78 is 1.39. The van der Waals surface area contributed by atoms with Crippen LogP contribution in [0, 0.1) is 6.92 Å². The molecule has 4 rings (SSSR count). The van der Waals surface area contributed by atoms with E-state index in [1.165, 1.54) is 10.7 Å². The molecule has 7 nitrogen and oxygen atoms in total. The number of nitrogens with zero attached hydrogens (tertiary/aromatic N) is 4. The van der Waals surface area contributed by atoms with Gasteiger partial charge in [-0.05, 0) is 43.3 Å². The first-order chi connectivity index (χ1) is 13.1. The number of benzene rings is 1. The van der Waals surface area contributed by atoms with Crippen LogP contribution in [-0.4, -0.2) is 24.7 Å². The van der Waals surface area contributed by atoms with Gasteiger partial charge in [0.15, 0.2) is 5.82 Å². The number of H-pyrrole nitrogens is 1. The van der Waals surface area contributed by atoms with E-state index in [-0.39, 0.29) is 5.56 Å². The second-order valence-electron chi connectivity index (χ2n) is 5.92. The average molecular weight is 379 g/mol. The Morgan fingerprint density at radius 1 is 1.07 bits per heavy atom. The highest BCUT2D eigenvalue weighted by molar-refractivity contribution is 6.30. The second-order valence-corrected chi connectivity index (χ2v) is 6.35. The van der Waals surface area contributed by atoms with E-state index >= 15 is 0 Å². The van der Waals surface area contributed by atoms with Crippen molar-refractivity contribution >= 4 is 23.2 Å². The summed E-state index contributed by atoms with van der Waals surface area (Å²) in [5, 5.41) is 6.73. The van der Waals surface area contributed by atoms with Crippen LogP contribution in [0.2, 0.25) is 5.02 Å². The van der Waals surface area contributed by atoms with Crippen LogP contribution >= 0.6 is 11.6 Å². The van der Waals surface area contributed by atoms with Crippen LogP contribution in [0.25, 0.3) is 17.1 Å². The van der Waals surface area contributed by atoms with Crippen LogP contribution in [0.15, 0.2) is 65.7 Å². The van der Waals surface area contributed by atoms with Gasteiger partial charge in [0, 0.05) is 40.4 Å². The predicted molar refractivity (Wildman–Crippen MR) is 105 cm³/mol. The predicted octanol–water partition coefficient (Wildman–Crippen LogP) is 3.72. The third-order valence-corrected chi connectivity index (χ3v) is 4.09. The molecule has 0 saturated heterocycles. The number of aryl methyl sites for hydroxylation is 1. The van der Waals surface area contributed by atoms with Gasteiger partial charge < -0.3 is 5.32 Å². The monoisotopic (exact) mass is 378 g/mol. The van der Waals surface area contributed by atoms with Crippen LogP contribution in [-0.2, 0) is 0 Å². The highest BCUT2D eigenvalue weighted by Crippen LogP contribution is 2.22. The third-order valence-electron chi connectivity index (χ3n) is 3.86. The van der Waals surface area contributed by atoms with E-state index < -0.39 is 0 Å². The van der Waals surface area contributed by atoms with Gasteiger partial charge in [0.1, 0.15) is 0 Å². The van der Waals surface area contributed by atoms with Crippen molar-refractivity contribution in [1.82, 2.24) is 24.7 Å². The molecule has 0 saturated carbocycles. The summed E-state index contributed by atoms with van der Waals surface area (Å²) in [6.07, 6.45) is 3.31. The number of hydrogen-bond acceptors (Lipinski definition) is 5. The van der Waals surface area contributed by atoms with Gasteiger partial charge in [0.05, 0.1) is 5.69 Å². The Morgan fingerprint density at radius 2 is 1.93 bits per heavy atom. The highest BCUT2D eigenvalue weighted by atomic mass is 35.5. The number of rotatable bonds is 4. The van der Waals surface area contributed by atoms with Gasteiger partial charge >= 0.3 is 0 Å². The first-order valence-electron chi connectivity index (χ1n) is 8.19. The fraction of sp³-hybridized carbons (Fsp3) is 0.0526. The summed E-state index contributed by atoms with van der Waals surface area (Å²) in [6.45, 7) is 1.82. The summed E-state index contributed by atoms with van der Waals surface area (Å²) in [7, 11) is 0. The molecule has 27 heavy (non-hydrogen) atoms. The Balaban J connectivity index is 1.67. The summed E-state index contributed by atoms with van der Waals surface area (Å²) in [5.41, 5.74) is 2.92. The molecule has 3 heterocycles. The Hall–Kier alpha value is -3.45. The first-order valence-corrected chi connectivity index (χ1v) is 8.57. The molecule has 0 amide bonds. The van der Waals surface area contributed by atoms with Gasteiger partial charge in [-0.15, -0.1) is 0 Å². The van der Waals surface area contributed by atoms with E-state index in [4.69, 9.17) is 11.6 Å². The van der Waals surface area contributed by atoms with Crippen molar-refractivity contribution in [3.05, 3.63) is 82.0 Å². The molecule has 0 spiro atoms. The topological polar surface area (TPSA) is 88.5 Å². The Kier molecular flexibility index (Phi) is 4.43. The fourth-order valence-electron chi connectivity index (χ4n) is 2.66. The fourth-order valence-corrected chi connectivity index (χ4v) is 2.85. The van der Waals surface area contributed by atoms with Crippen LogP contribution in [0.4, 0.5) is 11.6 Å². The summed E-state index contributed by atoms with van der Waals surface area (Å²) in [4.78, 5) is 25.1. The largest absolute Gasteiger partial charge is 0.324 e. The van der Waals surface area contributed by atoms with Crippen molar-refractivity contribution in [3.63, 3.8) is 0 Å². The molecule has 0 unspecified atom stereocenters.